The van der Waals surface area contributed by atoms with E-state index >= 15 is 0 Å². The van der Waals surface area contributed by atoms with Crippen molar-refractivity contribution in [1.29, 1.82) is 0 Å². The Hall–Kier alpha value is -1.35. The first-order valence-electron chi connectivity index (χ1n) is 7.72. The Balaban J connectivity index is 1.81. The second-order valence-corrected chi connectivity index (χ2v) is 6.11. The van der Waals surface area contributed by atoms with E-state index in [0.29, 0.717) is 12.5 Å². The summed E-state index contributed by atoms with van der Waals surface area (Å²) in [5.74, 6) is 0.327. The first-order valence-corrected chi connectivity index (χ1v) is 7.72. The SMILES string of the molecule is C[C@](N)(C(=O)NCCc1ccccc1)C1CCCCC1. The third-order valence-corrected chi connectivity index (χ3v) is 4.48. The van der Waals surface area contributed by atoms with Crippen molar-refractivity contribution in [3.8, 4) is 0 Å². The number of hydrogen-bond donors (Lipinski definition) is 2. The molecule has 3 heteroatoms. The van der Waals surface area contributed by atoms with Crippen LogP contribution in [-0.4, -0.2) is 18.0 Å². The van der Waals surface area contributed by atoms with Crippen LogP contribution in [0.2, 0.25) is 0 Å². The van der Waals surface area contributed by atoms with Gasteiger partial charge in [-0.15, -0.1) is 0 Å². The lowest BCUT2D eigenvalue weighted by molar-refractivity contribution is -0.128. The molecule has 1 aromatic carbocycles. The molecule has 3 nitrogen and oxygen atoms in total. The summed E-state index contributed by atoms with van der Waals surface area (Å²) in [4.78, 5) is 12.3. The van der Waals surface area contributed by atoms with Gasteiger partial charge >= 0.3 is 0 Å². The molecule has 0 radical (unpaired) electrons. The van der Waals surface area contributed by atoms with Gasteiger partial charge in [-0.25, -0.2) is 0 Å². The Bertz CT molecular complexity index is 422. The Labute approximate surface area is 121 Å². The zero-order chi connectivity index (χ0) is 14.4. The molecule has 0 aromatic heterocycles. The fourth-order valence-corrected chi connectivity index (χ4v) is 3.04. The first kappa shape index (κ1) is 15.0. The van der Waals surface area contributed by atoms with Crippen LogP contribution in [0.5, 0.6) is 0 Å². The molecule has 1 amide bonds. The molecule has 20 heavy (non-hydrogen) atoms. The van der Waals surface area contributed by atoms with Crippen LogP contribution in [0.4, 0.5) is 0 Å². The number of nitrogens with two attached hydrogens (primary N) is 1. The maximum atomic E-state index is 12.3. The van der Waals surface area contributed by atoms with E-state index in [0.717, 1.165) is 19.3 Å². The van der Waals surface area contributed by atoms with E-state index in [1.165, 1.54) is 24.8 Å². The van der Waals surface area contributed by atoms with Gasteiger partial charge in [-0.2, -0.15) is 0 Å². The first-order chi connectivity index (χ1) is 9.60. The quantitative estimate of drug-likeness (QED) is 0.867. The summed E-state index contributed by atoms with van der Waals surface area (Å²) >= 11 is 0. The van der Waals surface area contributed by atoms with Gasteiger partial charge < -0.3 is 11.1 Å². The second-order valence-electron chi connectivity index (χ2n) is 6.11. The van der Waals surface area contributed by atoms with Crippen molar-refractivity contribution >= 4 is 5.91 Å². The number of carbonyl (C=O) groups excluding carboxylic acids is 1. The fraction of sp³-hybridized carbons (Fsp3) is 0.588. The molecule has 1 aromatic rings. The molecule has 2 rings (SSSR count). The van der Waals surface area contributed by atoms with Gasteiger partial charge in [0, 0.05) is 6.54 Å². The molecule has 1 atom stereocenters. The van der Waals surface area contributed by atoms with Gasteiger partial charge in [0.2, 0.25) is 5.91 Å². The van der Waals surface area contributed by atoms with Crippen molar-refractivity contribution in [3.63, 3.8) is 0 Å². The lowest BCUT2D eigenvalue weighted by Gasteiger charge is -2.35. The third kappa shape index (κ3) is 3.83. The monoisotopic (exact) mass is 274 g/mol. The van der Waals surface area contributed by atoms with Crippen LogP contribution >= 0.6 is 0 Å². The molecular formula is C17H26N2O. The minimum Gasteiger partial charge on any atom is -0.354 e. The predicted octanol–water partition coefficient (Wildman–Crippen LogP) is 2.64. The maximum Gasteiger partial charge on any atom is 0.240 e. The normalized spacial score (nSPS) is 19.3. The summed E-state index contributed by atoms with van der Waals surface area (Å²) < 4.78 is 0. The van der Waals surface area contributed by atoms with E-state index in [1.54, 1.807) is 0 Å². The van der Waals surface area contributed by atoms with E-state index in [-0.39, 0.29) is 5.91 Å². The number of amides is 1. The third-order valence-electron chi connectivity index (χ3n) is 4.48. The zero-order valence-electron chi connectivity index (χ0n) is 12.4. The fourth-order valence-electron chi connectivity index (χ4n) is 3.04. The lowest BCUT2D eigenvalue weighted by Crippen LogP contribution is -2.57. The van der Waals surface area contributed by atoms with E-state index in [1.807, 2.05) is 25.1 Å². The molecule has 0 saturated heterocycles. The smallest absolute Gasteiger partial charge is 0.240 e. The van der Waals surface area contributed by atoms with E-state index < -0.39 is 5.54 Å². The summed E-state index contributed by atoms with van der Waals surface area (Å²) in [5.41, 5.74) is 6.82. The van der Waals surface area contributed by atoms with Crippen LogP contribution in [0.15, 0.2) is 30.3 Å². The van der Waals surface area contributed by atoms with Crippen molar-refractivity contribution < 1.29 is 4.79 Å². The minimum atomic E-state index is -0.725. The molecule has 3 N–H and O–H groups in total. The molecule has 0 aliphatic heterocycles. The van der Waals surface area contributed by atoms with Crippen LogP contribution in [0, 0.1) is 5.92 Å². The average Bonchev–Trinajstić information content (AvgIpc) is 2.49. The summed E-state index contributed by atoms with van der Waals surface area (Å²) in [7, 11) is 0. The van der Waals surface area contributed by atoms with E-state index in [4.69, 9.17) is 5.73 Å². The lowest BCUT2D eigenvalue weighted by atomic mass is 9.75. The summed E-state index contributed by atoms with van der Waals surface area (Å²) in [6.45, 7) is 2.54. The molecule has 0 spiro atoms. The van der Waals surface area contributed by atoms with Crippen LogP contribution in [0.1, 0.15) is 44.6 Å². The summed E-state index contributed by atoms with van der Waals surface area (Å²) in [5, 5.41) is 3.00. The van der Waals surface area contributed by atoms with Gasteiger partial charge in [0.05, 0.1) is 5.54 Å². The number of nitrogens with one attached hydrogen (secondary N) is 1. The van der Waals surface area contributed by atoms with Gasteiger partial charge in [0.15, 0.2) is 0 Å². The van der Waals surface area contributed by atoms with Crippen LogP contribution < -0.4 is 11.1 Å². The highest BCUT2D eigenvalue weighted by molar-refractivity contribution is 5.86. The summed E-state index contributed by atoms with van der Waals surface area (Å²) in [6.07, 6.45) is 6.71. The minimum absolute atomic E-state index is 0.000307. The Kier molecular flexibility index (Phi) is 5.18. The predicted molar refractivity (Wildman–Crippen MR) is 82.3 cm³/mol. The molecule has 1 aliphatic rings. The van der Waals surface area contributed by atoms with Gasteiger partial charge in [0.1, 0.15) is 0 Å². The largest absolute Gasteiger partial charge is 0.354 e. The number of hydrogen-bond acceptors (Lipinski definition) is 2. The highest BCUT2D eigenvalue weighted by Gasteiger charge is 2.37. The van der Waals surface area contributed by atoms with Gasteiger partial charge in [-0.1, -0.05) is 49.6 Å². The van der Waals surface area contributed by atoms with Gasteiger partial charge in [-0.3, -0.25) is 4.79 Å². The standard InChI is InChI=1S/C17H26N2O/c1-17(18,15-10-6-3-7-11-15)16(20)19-13-12-14-8-4-2-5-9-14/h2,4-5,8-9,15H,3,6-7,10-13,18H2,1H3,(H,19,20)/t17-/m1/s1. The summed E-state index contributed by atoms with van der Waals surface area (Å²) in [6, 6.07) is 10.2. The Morgan fingerprint density at radius 3 is 2.55 bits per heavy atom. The van der Waals surface area contributed by atoms with Crippen LogP contribution in [-0.2, 0) is 11.2 Å². The topological polar surface area (TPSA) is 55.1 Å². The molecule has 1 saturated carbocycles. The van der Waals surface area contributed by atoms with Crippen molar-refractivity contribution in [2.24, 2.45) is 11.7 Å². The molecule has 1 aliphatic carbocycles. The van der Waals surface area contributed by atoms with Crippen molar-refractivity contribution in [3.05, 3.63) is 35.9 Å². The maximum absolute atomic E-state index is 12.3. The van der Waals surface area contributed by atoms with Crippen LogP contribution in [0.3, 0.4) is 0 Å². The van der Waals surface area contributed by atoms with Gasteiger partial charge in [0.25, 0.3) is 0 Å². The van der Waals surface area contributed by atoms with Crippen LogP contribution in [0.25, 0.3) is 0 Å². The van der Waals surface area contributed by atoms with E-state index in [9.17, 15) is 4.79 Å². The number of rotatable bonds is 5. The molecular weight excluding hydrogens is 248 g/mol. The Morgan fingerprint density at radius 2 is 1.90 bits per heavy atom. The highest BCUT2D eigenvalue weighted by atomic mass is 16.2. The second kappa shape index (κ2) is 6.89. The Morgan fingerprint density at radius 1 is 1.25 bits per heavy atom. The molecule has 0 heterocycles. The molecule has 1 fully saturated rings. The molecule has 110 valence electrons. The number of carbonyl (C=O) groups is 1. The van der Waals surface area contributed by atoms with Crippen molar-refractivity contribution in [2.75, 3.05) is 6.54 Å². The molecule has 0 unspecified atom stereocenters. The van der Waals surface area contributed by atoms with Gasteiger partial charge in [-0.05, 0) is 37.7 Å². The zero-order valence-corrected chi connectivity index (χ0v) is 12.4. The highest BCUT2D eigenvalue weighted by Crippen LogP contribution is 2.31. The van der Waals surface area contributed by atoms with Crippen molar-refractivity contribution in [2.45, 2.75) is 51.0 Å². The molecule has 0 bridgehead atoms. The van der Waals surface area contributed by atoms with E-state index in [2.05, 4.69) is 17.4 Å². The number of benzene rings is 1. The average molecular weight is 274 g/mol. The van der Waals surface area contributed by atoms with Crippen molar-refractivity contribution in [1.82, 2.24) is 5.32 Å².